The summed E-state index contributed by atoms with van der Waals surface area (Å²) in [7, 11) is 4.07. The van der Waals surface area contributed by atoms with Crippen molar-refractivity contribution in [3.05, 3.63) is 77.9 Å². The van der Waals surface area contributed by atoms with Gasteiger partial charge in [-0.1, -0.05) is 24.3 Å². The number of rotatable bonds is 6. The van der Waals surface area contributed by atoms with Gasteiger partial charge in [-0.3, -0.25) is 4.79 Å². The van der Waals surface area contributed by atoms with Crippen molar-refractivity contribution in [1.82, 2.24) is 25.0 Å². The van der Waals surface area contributed by atoms with Crippen LogP contribution in [0.3, 0.4) is 0 Å². The van der Waals surface area contributed by atoms with E-state index < -0.39 is 0 Å². The van der Waals surface area contributed by atoms with Gasteiger partial charge in [-0.25, -0.2) is 9.67 Å². The van der Waals surface area contributed by atoms with Crippen LogP contribution in [-0.2, 0) is 13.1 Å². The predicted octanol–water partition coefficient (Wildman–Crippen LogP) is 2.26. The molecule has 1 heterocycles. The Labute approximate surface area is 147 Å². The van der Waals surface area contributed by atoms with Crippen molar-refractivity contribution in [2.75, 3.05) is 14.1 Å². The summed E-state index contributed by atoms with van der Waals surface area (Å²) in [6.07, 6.45) is 3.10. The minimum Gasteiger partial charge on any atom is -0.348 e. The Morgan fingerprint density at radius 3 is 2.44 bits per heavy atom. The highest BCUT2D eigenvalue weighted by Crippen LogP contribution is 2.12. The number of hydrogen-bond acceptors (Lipinski definition) is 4. The Bertz CT molecular complexity index is 825. The van der Waals surface area contributed by atoms with Gasteiger partial charge in [0.05, 0.1) is 5.69 Å². The third-order valence-electron chi connectivity index (χ3n) is 3.86. The summed E-state index contributed by atoms with van der Waals surface area (Å²) >= 11 is 0. The van der Waals surface area contributed by atoms with Gasteiger partial charge in [0.2, 0.25) is 0 Å². The first-order chi connectivity index (χ1) is 12.1. The third kappa shape index (κ3) is 4.30. The zero-order valence-electron chi connectivity index (χ0n) is 14.4. The molecule has 1 N–H and O–H groups in total. The minimum atomic E-state index is -0.0928. The molecule has 3 aromatic rings. The lowest BCUT2D eigenvalue weighted by molar-refractivity contribution is 0.0951. The molecule has 1 amide bonds. The second-order valence-corrected chi connectivity index (χ2v) is 6.08. The molecule has 0 aliphatic carbocycles. The SMILES string of the molecule is CN(C)Cc1ccccc1CNC(=O)c1ccc(-n2cncn2)cc1. The van der Waals surface area contributed by atoms with Crippen molar-refractivity contribution in [2.45, 2.75) is 13.1 Å². The third-order valence-corrected chi connectivity index (χ3v) is 3.86. The zero-order valence-corrected chi connectivity index (χ0v) is 14.4. The lowest BCUT2D eigenvalue weighted by Gasteiger charge is -2.14. The van der Waals surface area contributed by atoms with Gasteiger partial charge in [-0.05, 0) is 49.5 Å². The average Bonchev–Trinajstić information content (AvgIpc) is 3.15. The molecular weight excluding hydrogens is 314 g/mol. The van der Waals surface area contributed by atoms with E-state index in [9.17, 15) is 4.79 Å². The standard InChI is InChI=1S/C19H21N5O/c1-23(2)12-17-6-4-3-5-16(17)11-21-19(25)15-7-9-18(10-8-15)24-14-20-13-22-24/h3-10,13-14H,11-12H2,1-2H3,(H,21,25). The first kappa shape index (κ1) is 16.9. The van der Waals surface area contributed by atoms with Gasteiger partial charge in [0.1, 0.15) is 12.7 Å². The van der Waals surface area contributed by atoms with Crippen molar-refractivity contribution in [2.24, 2.45) is 0 Å². The molecule has 25 heavy (non-hydrogen) atoms. The Balaban J connectivity index is 1.65. The number of amides is 1. The summed E-state index contributed by atoms with van der Waals surface area (Å²) in [6, 6.07) is 15.4. The summed E-state index contributed by atoms with van der Waals surface area (Å²) in [5.41, 5.74) is 3.83. The summed E-state index contributed by atoms with van der Waals surface area (Å²) in [5, 5.41) is 7.06. The van der Waals surface area contributed by atoms with Crippen LogP contribution in [0, 0.1) is 0 Å². The fourth-order valence-electron chi connectivity index (χ4n) is 2.61. The molecule has 0 spiro atoms. The lowest BCUT2D eigenvalue weighted by Crippen LogP contribution is -2.24. The molecule has 0 atom stereocenters. The Hall–Kier alpha value is -2.99. The van der Waals surface area contributed by atoms with Crippen molar-refractivity contribution in [1.29, 1.82) is 0 Å². The maximum atomic E-state index is 12.4. The monoisotopic (exact) mass is 335 g/mol. The smallest absolute Gasteiger partial charge is 0.251 e. The largest absolute Gasteiger partial charge is 0.348 e. The minimum absolute atomic E-state index is 0.0928. The predicted molar refractivity (Wildman–Crippen MR) is 96.4 cm³/mol. The molecule has 0 aliphatic heterocycles. The second-order valence-electron chi connectivity index (χ2n) is 6.08. The van der Waals surface area contributed by atoms with Gasteiger partial charge in [0.25, 0.3) is 5.91 Å². The summed E-state index contributed by atoms with van der Waals surface area (Å²) in [4.78, 5) is 18.4. The Morgan fingerprint density at radius 2 is 1.80 bits per heavy atom. The van der Waals surface area contributed by atoms with E-state index in [1.807, 2.05) is 44.4 Å². The number of hydrogen-bond donors (Lipinski definition) is 1. The van der Waals surface area contributed by atoms with Crippen LogP contribution < -0.4 is 5.32 Å². The normalized spacial score (nSPS) is 10.8. The van der Waals surface area contributed by atoms with Gasteiger partial charge in [0.15, 0.2) is 0 Å². The van der Waals surface area contributed by atoms with Crippen LogP contribution >= 0.6 is 0 Å². The first-order valence-corrected chi connectivity index (χ1v) is 8.08. The fraction of sp³-hybridized carbons (Fsp3) is 0.211. The summed E-state index contributed by atoms with van der Waals surface area (Å²) < 4.78 is 1.65. The molecule has 6 heteroatoms. The fourth-order valence-corrected chi connectivity index (χ4v) is 2.61. The van der Waals surface area contributed by atoms with Crippen LogP contribution in [0.2, 0.25) is 0 Å². The number of nitrogens with zero attached hydrogens (tertiary/aromatic N) is 4. The molecule has 0 bridgehead atoms. The number of carbonyl (C=O) groups excluding carboxylic acids is 1. The Morgan fingerprint density at radius 1 is 1.08 bits per heavy atom. The van der Waals surface area contributed by atoms with Gasteiger partial charge in [0, 0.05) is 18.7 Å². The molecule has 0 saturated carbocycles. The maximum absolute atomic E-state index is 12.4. The van der Waals surface area contributed by atoms with Crippen LogP contribution in [0.5, 0.6) is 0 Å². The molecule has 128 valence electrons. The molecule has 2 aromatic carbocycles. The van der Waals surface area contributed by atoms with Gasteiger partial charge >= 0.3 is 0 Å². The van der Waals surface area contributed by atoms with Crippen molar-refractivity contribution >= 4 is 5.91 Å². The quantitative estimate of drug-likeness (QED) is 0.750. The van der Waals surface area contributed by atoms with E-state index in [4.69, 9.17) is 0 Å². The van der Waals surface area contributed by atoms with Crippen LogP contribution in [0.1, 0.15) is 21.5 Å². The highest BCUT2D eigenvalue weighted by Gasteiger charge is 2.08. The molecule has 0 saturated heterocycles. The lowest BCUT2D eigenvalue weighted by atomic mass is 10.1. The van der Waals surface area contributed by atoms with E-state index >= 15 is 0 Å². The molecule has 0 aliphatic rings. The molecule has 0 radical (unpaired) electrons. The highest BCUT2D eigenvalue weighted by molar-refractivity contribution is 5.94. The molecule has 3 rings (SSSR count). The van der Waals surface area contributed by atoms with Crippen molar-refractivity contribution in [3.63, 3.8) is 0 Å². The maximum Gasteiger partial charge on any atom is 0.251 e. The summed E-state index contributed by atoms with van der Waals surface area (Å²) in [6.45, 7) is 1.35. The van der Waals surface area contributed by atoms with Crippen molar-refractivity contribution in [3.8, 4) is 5.69 Å². The van der Waals surface area contributed by atoms with E-state index in [0.29, 0.717) is 12.1 Å². The Kier molecular flexibility index (Phi) is 5.20. The highest BCUT2D eigenvalue weighted by atomic mass is 16.1. The second kappa shape index (κ2) is 7.72. The number of aromatic nitrogens is 3. The molecular formula is C19H21N5O. The molecule has 0 fully saturated rings. The number of carbonyl (C=O) groups is 1. The molecule has 0 unspecified atom stereocenters. The van der Waals surface area contributed by atoms with Crippen LogP contribution in [0.4, 0.5) is 0 Å². The first-order valence-electron chi connectivity index (χ1n) is 8.08. The molecule has 6 nitrogen and oxygen atoms in total. The van der Waals surface area contributed by atoms with Gasteiger partial charge < -0.3 is 10.2 Å². The average molecular weight is 335 g/mol. The zero-order chi connectivity index (χ0) is 17.6. The van der Waals surface area contributed by atoms with E-state index in [1.54, 1.807) is 23.1 Å². The van der Waals surface area contributed by atoms with E-state index in [2.05, 4.69) is 26.4 Å². The number of benzene rings is 2. The number of nitrogens with one attached hydrogen (secondary N) is 1. The topological polar surface area (TPSA) is 63.1 Å². The van der Waals surface area contributed by atoms with Crippen molar-refractivity contribution < 1.29 is 4.79 Å². The van der Waals surface area contributed by atoms with E-state index in [0.717, 1.165) is 17.8 Å². The van der Waals surface area contributed by atoms with Crippen LogP contribution in [-0.4, -0.2) is 39.7 Å². The van der Waals surface area contributed by atoms with E-state index in [-0.39, 0.29) is 5.91 Å². The van der Waals surface area contributed by atoms with Gasteiger partial charge in [-0.2, -0.15) is 5.10 Å². The van der Waals surface area contributed by atoms with E-state index in [1.165, 1.54) is 11.9 Å². The van der Waals surface area contributed by atoms with Crippen LogP contribution in [0.15, 0.2) is 61.2 Å². The van der Waals surface area contributed by atoms with Gasteiger partial charge in [-0.15, -0.1) is 0 Å². The van der Waals surface area contributed by atoms with Crippen LogP contribution in [0.25, 0.3) is 5.69 Å². The summed E-state index contributed by atoms with van der Waals surface area (Å²) in [5.74, 6) is -0.0928. The molecule has 1 aromatic heterocycles.